The Labute approximate surface area is 103 Å². The number of aromatic amines is 1. The van der Waals surface area contributed by atoms with Crippen LogP contribution in [0, 0.1) is 0 Å². The molecule has 1 aromatic heterocycles. The number of nitrogens with zero attached hydrogens (tertiary/aromatic N) is 1. The van der Waals surface area contributed by atoms with Crippen LogP contribution in [0.4, 0.5) is 0 Å². The van der Waals surface area contributed by atoms with Gasteiger partial charge in [-0.05, 0) is 25.8 Å². The lowest BCUT2D eigenvalue weighted by molar-refractivity contribution is 0.0931. The first kappa shape index (κ1) is 11.0. The summed E-state index contributed by atoms with van der Waals surface area (Å²) in [5.74, 6) is -0.234. The minimum absolute atomic E-state index is 0.101. The zero-order chi connectivity index (χ0) is 12.8. The van der Waals surface area contributed by atoms with E-state index in [-0.39, 0.29) is 22.7 Å². The summed E-state index contributed by atoms with van der Waals surface area (Å²) in [4.78, 5) is 23.7. The van der Waals surface area contributed by atoms with Gasteiger partial charge in [-0.15, -0.1) is 0 Å². The van der Waals surface area contributed by atoms with Gasteiger partial charge in [-0.2, -0.15) is 5.10 Å². The van der Waals surface area contributed by atoms with Crippen LogP contribution in [0.1, 0.15) is 30.3 Å². The Balaban J connectivity index is 2.09. The lowest BCUT2D eigenvalue weighted by atomic mass is 10.1. The molecule has 2 aromatic rings. The predicted molar refractivity (Wildman–Crippen MR) is 67.5 cm³/mol. The Hall–Kier alpha value is -2.17. The third kappa shape index (κ3) is 1.77. The lowest BCUT2D eigenvalue weighted by Crippen LogP contribution is -2.35. The van der Waals surface area contributed by atoms with E-state index in [1.807, 2.05) is 6.92 Å². The molecule has 1 saturated carbocycles. The number of benzene rings is 1. The standard InChI is InChI=1S/C13H13N3O2/c1-13(6-7-13)14-12(18)10-8-4-2-3-5-9(8)11(17)16-15-10/h2-5H,6-7H2,1H3,(H,14,18)(H,16,17). The summed E-state index contributed by atoms with van der Waals surface area (Å²) in [6.07, 6.45) is 1.97. The summed E-state index contributed by atoms with van der Waals surface area (Å²) in [5, 5.41) is 10.2. The number of H-pyrrole nitrogens is 1. The van der Waals surface area contributed by atoms with E-state index in [0.717, 1.165) is 12.8 Å². The average Bonchev–Trinajstić information content (AvgIpc) is 3.07. The fourth-order valence-corrected chi connectivity index (χ4v) is 1.93. The van der Waals surface area contributed by atoms with Gasteiger partial charge in [0.2, 0.25) is 0 Å². The van der Waals surface area contributed by atoms with Gasteiger partial charge in [-0.3, -0.25) is 9.59 Å². The maximum Gasteiger partial charge on any atom is 0.272 e. The topological polar surface area (TPSA) is 74.8 Å². The van der Waals surface area contributed by atoms with Crippen LogP contribution in [-0.2, 0) is 0 Å². The highest BCUT2D eigenvalue weighted by Gasteiger charge is 2.39. The minimum Gasteiger partial charge on any atom is -0.345 e. The van der Waals surface area contributed by atoms with Gasteiger partial charge in [0.1, 0.15) is 0 Å². The molecule has 92 valence electrons. The van der Waals surface area contributed by atoms with Gasteiger partial charge in [0, 0.05) is 10.9 Å². The number of nitrogens with one attached hydrogen (secondary N) is 2. The van der Waals surface area contributed by atoms with Crippen molar-refractivity contribution in [2.24, 2.45) is 0 Å². The van der Waals surface area contributed by atoms with E-state index in [1.54, 1.807) is 24.3 Å². The molecule has 1 amide bonds. The van der Waals surface area contributed by atoms with Gasteiger partial charge in [-0.1, -0.05) is 18.2 Å². The SMILES string of the molecule is CC1(NC(=O)c2n[nH]c(=O)c3ccccc23)CC1. The van der Waals surface area contributed by atoms with Gasteiger partial charge < -0.3 is 5.32 Å². The number of hydrogen-bond acceptors (Lipinski definition) is 3. The number of carbonyl (C=O) groups is 1. The molecule has 0 spiro atoms. The number of amides is 1. The van der Waals surface area contributed by atoms with E-state index in [1.165, 1.54) is 0 Å². The lowest BCUT2D eigenvalue weighted by Gasteiger charge is -2.11. The molecule has 5 heteroatoms. The van der Waals surface area contributed by atoms with Crippen molar-refractivity contribution in [3.05, 3.63) is 40.3 Å². The second-order valence-electron chi connectivity index (χ2n) is 4.96. The molecular weight excluding hydrogens is 230 g/mol. The first-order valence-electron chi connectivity index (χ1n) is 5.89. The molecular formula is C13H13N3O2. The van der Waals surface area contributed by atoms with Gasteiger partial charge in [0.05, 0.1) is 5.39 Å². The summed E-state index contributed by atoms with van der Waals surface area (Å²) >= 11 is 0. The monoisotopic (exact) mass is 243 g/mol. The van der Waals surface area contributed by atoms with Gasteiger partial charge in [-0.25, -0.2) is 5.10 Å². The van der Waals surface area contributed by atoms with Crippen molar-refractivity contribution in [1.29, 1.82) is 0 Å². The molecule has 0 unspecified atom stereocenters. The van der Waals surface area contributed by atoms with Crippen molar-refractivity contribution in [2.75, 3.05) is 0 Å². The molecule has 5 nitrogen and oxygen atoms in total. The smallest absolute Gasteiger partial charge is 0.272 e. The second kappa shape index (κ2) is 3.66. The summed E-state index contributed by atoms with van der Waals surface area (Å²) < 4.78 is 0. The van der Waals surface area contributed by atoms with Crippen LogP contribution >= 0.6 is 0 Å². The van der Waals surface area contributed by atoms with Crippen LogP contribution in [0.2, 0.25) is 0 Å². The molecule has 0 atom stereocenters. The van der Waals surface area contributed by atoms with Crippen LogP contribution in [0.15, 0.2) is 29.1 Å². The summed E-state index contributed by atoms with van der Waals surface area (Å²) in [5.41, 5.74) is -0.103. The minimum atomic E-state index is -0.278. The van der Waals surface area contributed by atoms with Gasteiger partial charge >= 0.3 is 0 Å². The van der Waals surface area contributed by atoms with Gasteiger partial charge in [0.15, 0.2) is 5.69 Å². The molecule has 0 bridgehead atoms. The molecule has 1 fully saturated rings. The van der Waals surface area contributed by atoms with Crippen LogP contribution in [0.5, 0.6) is 0 Å². The number of fused-ring (bicyclic) bond motifs is 1. The Morgan fingerprint density at radius 3 is 2.67 bits per heavy atom. The Kier molecular flexibility index (Phi) is 2.23. The van der Waals surface area contributed by atoms with Crippen molar-refractivity contribution in [2.45, 2.75) is 25.3 Å². The third-order valence-electron chi connectivity index (χ3n) is 3.33. The quantitative estimate of drug-likeness (QED) is 0.832. The van der Waals surface area contributed by atoms with E-state index in [2.05, 4.69) is 15.5 Å². The van der Waals surface area contributed by atoms with Crippen molar-refractivity contribution in [3.8, 4) is 0 Å². The molecule has 18 heavy (non-hydrogen) atoms. The van der Waals surface area contributed by atoms with Crippen molar-refractivity contribution in [1.82, 2.24) is 15.5 Å². The highest BCUT2D eigenvalue weighted by atomic mass is 16.2. The zero-order valence-corrected chi connectivity index (χ0v) is 9.99. The molecule has 0 radical (unpaired) electrons. The predicted octanol–water partition coefficient (Wildman–Crippen LogP) is 1.21. The molecule has 1 heterocycles. The summed E-state index contributed by atoms with van der Waals surface area (Å²) in [7, 11) is 0. The normalized spacial score (nSPS) is 16.5. The molecule has 2 N–H and O–H groups in total. The summed E-state index contributed by atoms with van der Waals surface area (Å²) in [6.45, 7) is 2.00. The zero-order valence-electron chi connectivity index (χ0n) is 9.99. The number of aromatic nitrogens is 2. The van der Waals surface area contributed by atoms with Crippen LogP contribution in [-0.4, -0.2) is 21.6 Å². The van der Waals surface area contributed by atoms with Gasteiger partial charge in [0.25, 0.3) is 11.5 Å². The van der Waals surface area contributed by atoms with Crippen LogP contribution in [0.3, 0.4) is 0 Å². The Morgan fingerprint density at radius 1 is 1.33 bits per heavy atom. The molecule has 0 saturated heterocycles. The average molecular weight is 243 g/mol. The molecule has 0 aliphatic heterocycles. The highest BCUT2D eigenvalue weighted by molar-refractivity contribution is 6.05. The maximum atomic E-state index is 12.1. The van der Waals surface area contributed by atoms with E-state index in [9.17, 15) is 9.59 Å². The van der Waals surface area contributed by atoms with E-state index >= 15 is 0 Å². The fraction of sp³-hybridized carbons (Fsp3) is 0.308. The van der Waals surface area contributed by atoms with E-state index in [0.29, 0.717) is 10.8 Å². The van der Waals surface area contributed by atoms with E-state index in [4.69, 9.17) is 0 Å². The maximum absolute atomic E-state index is 12.1. The molecule has 3 rings (SSSR count). The van der Waals surface area contributed by atoms with Crippen molar-refractivity contribution in [3.63, 3.8) is 0 Å². The first-order valence-corrected chi connectivity index (χ1v) is 5.89. The Morgan fingerprint density at radius 2 is 2.00 bits per heavy atom. The number of rotatable bonds is 2. The second-order valence-corrected chi connectivity index (χ2v) is 4.96. The highest BCUT2D eigenvalue weighted by Crippen LogP contribution is 2.34. The molecule has 1 aliphatic carbocycles. The van der Waals surface area contributed by atoms with Crippen LogP contribution in [0.25, 0.3) is 10.8 Å². The van der Waals surface area contributed by atoms with Crippen molar-refractivity contribution >= 4 is 16.7 Å². The Bertz CT molecular complexity index is 686. The molecule has 1 aliphatic rings. The third-order valence-corrected chi connectivity index (χ3v) is 3.33. The number of hydrogen-bond donors (Lipinski definition) is 2. The molecule has 1 aromatic carbocycles. The van der Waals surface area contributed by atoms with E-state index < -0.39 is 0 Å². The van der Waals surface area contributed by atoms with Crippen LogP contribution < -0.4 is 10.9 Å². The fourth-order valence-electron chi connectivity index (χ4n) is 1.93. The number of carbonyl (C=O) groups excluding carboxylic acids is 1. The first-order chi connectivity index (χ1) is 8.59. The van der Waals surface area contributed by atoms with Crippen molar-refractivity contribution < 1.29 is 4.79 Å². The largest absolute Gasteiger partial charge is 0.345 e. The summed E-state index contributed by atoms with van der Waals surface area (Å²) in [6, 6.07) is 6.98.